The number of nitrogens with zero attached hydrogens (tertiary/aromatic N) is 2. The van der Waals surface area contributed by atoms with Crippen LogP contribution in [0.4, 0.5) is 10.2 Å². The van der Waals surface area contributed by atoms with Crippen LogP contribution in [0.25, 0.3) is 0 Å². The molecule has 0 unspecified atom stereocenters. The first-order valence-corrected chi connectivity index (χ1v) is 6.87. The fraction of sp³-hybridized carbons (Fsp3) is 0.692. The van der Waals surface area contributed by atoms with E-state index in [0.717, 1.165) is 4.57 Å². The van der Waals surface area contributed by atoms with E-state index < -0.39 is 35.4 Å². The number of alkyl halides is 1. The highest BCUT2D eigenvalue weighted by Crippen LogP contribution is 2.65. The van der Waals surface area contributed by atoms with E-state index in [9.17, 15) is 19.4 Å². The lowest BCUT2D eigenvalue weighted by Gasteiger charge is -2.26. The summed E-state index contributed by atoms with van der Waals surface area (Å²) < 4.78 is 21.2. The Kier molecular flexibility index (Phi) is 2.28. The summed E-state index contributed by atoms with van der Waals surface area (Å²) in [6.45, 7) is 1.64. The third-order valence-corrected chi connectivity index (χ3v) is 5.05. The topological polar surface area (TPSA) is 111 Å². The van der Waals surface area contributed by atoms with E-state index in [-0.39, 0.29) is 18.2 Å². The Morgan fingerprint density at radius 1 is 1.48 bits per heavy atom. The number of anilines is 1. The lowest BCUT2D eigenvalue weighted by molar-refractivity contribution is -0.108. The molecular weight excluding hydrogens is 281 g/mol. The molecule has 0 aromatic carbocycles. The average molecular weight is 297 g/mol. The molecule has 1 aromatic heterocycles. The Labute approximate surface area is 119 Å². The fourth-order valence-electron chi connectivity index (χ4n) is 3.76. The number of fused-ring (bicyclic) bond motifs is 3. The lowest BCUT2D eigenvalue weighted by atomic mass is 9.91. The molecule has 3 aliphatic rings. The molecule has 8 heteroatoms. The van der Waals surface area contributed by atoms with Gasteiger partial charge in [-0.3, -0.25) is 4.57 Å². The summed E-state index contributed by atoms with van der Waals surface area (Å²) in [5.41, 5.74) is 2.39. The van der Waals surface area contributed by atoms with Gasteiger partial charge in [0.2, 0.25) is 0 Å². The zero-order valence-electron chi connectivity index (χ0n) is 11.4. The first-order chi connectivity index (χ1) is 9.77. The van der Waals surface area contributed by atoms with Crippen LogP contribution in [0.15, 0.2) is 11.0 Å². The number of ether oxygens (including phenoxy) is 1. The predicted octanol–water partition coefficient (Wildman–Crippen LogP) is -0.745. The number of halogens is 1. The molecular formula is C13H16FN3O4. The SMILES string of the molecule is Cc1cn([C@@H]2O[C@@H]3[C@@]4(O)C[C@H]4C[C@]3(O)[C@H]2F)c(=O)nc1N. The van der Waals surface area contributed by atoms with Gasteiger partial charge in [0.05, 0.1) is 5.60 Å². The minimum Gasteiger partial charge on any atom is -0.387 e. The summed E-state index contributed by atoms with van der Waals surface area (Å²) in [6, 6.07) is 0. The molecule has 21 heavy (non-hydrogen) atoms. The van der Waals surface area contributed by atoms with E-state index in [1.807, 2.05) is 0 Å². The Morgan fingerprint density at radius 2 is 2.14 bits per heavy atom. The van der Waals surface area contributed by atoms with Gasteiger partial charge in [0.15, 0.2) is 12.4 Å². The van der Waals surface area contributed by atoms with Crippen molar-refractivity contribution in [1.82, 2.24) is 9.55 Å². The van der Waals surface area contributed by atoms with Crippen molar-refractivity contribution in [2.45, 2.75) is 49.5 Å². The molecule has 4 N–H and O–H groups in total. The number of aryl methyl sites for hydroxylation is 1. The molecule has 7 nitrogen and oxygen atoms in total. The highest BCUT2D eigenvalue weighted by Gasteiger charge is 2.78. The van der Waals surface area contributed by atoms with Crippen molar-refractivity contribution in [3.05, 3.63) is 22.2 Å². The number of hydrogen-bond donors (Lipinski definition) is 3. The molecule has 6 atom stereocenters. The molecule has 3 fully saturated rings. The van der Waals surface area contributed by atoms with Crippen LogP contribution in [0.3, 0.4) is 0 Å². The molecule has 2 aliphatic carbocycles. The first-order valence-electron chi connectivity index (χ1n) is 6.87. The van der Waals surface area contributed by atoms with E-state index in [1.165, 1.54) is 6.20 Å². The van der Waals surface area contributed by atoms with Crippen molar-refractivity contribution < 1.29 is 19.3 Å². The predicted molar refractivity (Wildman–Crippen MR) is 69.1 cm³/mol. The molecule has 0 radical (unpaired) electrons. The van der Waals surface area contributed by atoms with Crippen LogP contribution in [0.1, 0.15) is 24.6 Å². The van der Waals surface area contributed by atoms with Crippen LogP contribution in [0, 0.1) is 12.8 Å². The van der Waals surface area contributed by atoms with Gasteiger partial charge in [0.1, 0.15) is 17.5 Å². The maximum Gasteiger partial charge on any atom is 0.351 e. The van der Waals surface area contributed by atoms with Gasteiger partial charge >= 0.3 is 5.69 Å². The van der Waals surface area contributed by atoms with Crippen LogP contribution in [-0.4, -0.2) is 43.2 Å². The van der Waals surface area contributed by atoms with E-state index in [2.05, 4.69) is 4.98 Å². The third kappa shape index (κ3) is 1.47. The molecule has 114 valence electrons. The third-order valence-electron chi connectivity index (χ3n) is 5.05. The molecule has 0 amide bonds. The van der Waals surface area contributed by atoms with E-state index in [4.69, 9.17) is 10.5 Å². The molecule has 2 saturated carbocycles. The smallest absolute Gasteiger partial charge is 0.351 e. The van der Waals surface area contributed by atoms with E-state index >= 15 is 0 Å². The molecule has 2 heterocycles. The minimum atomic E-state index is -1.80. The second kappa shape index (κ2) is 3.63. The maximum atomic E-state index is 14.7. The number of nitrogen functional groups attached to an aromatic ring is 1. The van der Waals surface area contributed by atoms with Gasteiger partial charge in [-0.2, -0.15) is 4.98 Å². The van der Waals surface area contributed by atoms with Crippen LogP contribution < -0.4 is 11.4 Å². The summed E-state index contributed by atoms with van der Waals surface area (Å²) >= 11 is 0. The first kappa shape index (κ1) is 13.2. The Balaban J connectivity index is 1.75. The molecule has 4 rings (SSSR count). The minimum absolute atomic E-state index is 0.0736. The van der Waals surface area contributed by atoms with Crippen LogP contribution in [0.5, 0.6) is 0 Å². The van der Waals surface area contributed by atoms with Crippen molar-refractivity contribution in [1.29, 1.82) is 0 Å². The van der Waals surface area contributed by atoms with Crippen LogP contribution >= 0.6 is 0 Å². The Morgan fingerprint density at radius 3 is 2.81 bits per heavy atom. The number of rotatable bonds is 1. The maximum absolute atomic E-state index is 14.7. The van der Waals surface area contributed by atoms with Crippen molar-refractivity contribution in [2.24, 2.45) is 5.92 Å². The van der Waals surface area contributed by atoms with E-state index in [1.54, 1.807) is 6.92 Å². The summed E-state index contributed by atoms with van der Waals surface area (Å²) in [6.07, 6.45) is -2.12. The van der Waals surface area contributed by atoms with Gasteiger partial charge in [0.25, 0.3) is 0 Å². The molecule has 1 saturated heterocycles. The van der Waals surface area contributed by atoms with Gasteiger partial charge in [-0.05, 0) is 25.7 Å². The van der Waals surface area contributed by atoms with Gasteiger partial charge in [-0.1, -0.05) is 0 Å². The van der Waals surface area contributed by atoms with Crippen LogP contribution in [-0.2, 0) is 4.74 Å². The highest BCUT2D eigenvalue weighted by molar-refractivity contribution is 5.35. The summed E-state index contributed by atoms with van der Waals surface area (Å²) in [5.74, 6) is -0.0563. The number of aromatic nitrogens is 2. The van der Waals surface area contributed by atoms with Crippen molar-refractivity contribution in [2.75, 3.05) is 5.73 Å². The normalized spacial score (nSPS) is 47.2. The summed E-state index contributed by atoms with van der Waals surface area (Å²) in [7, 11) is 0. The van der Waals surface area contributed by atoms with Gasteiger partial charge in [-0.25, -0.2) is 9.18 Å². The Bertz CT molecular complexity index is 694. The van der Waals surface area contributed by atoms with Crippen LogP contribution in [0.2, 0.25) is 0 Å². The quantitative estimate of drug-likeness (QED) is 0.629. The van der Waals surface area contributed by atoms with Crippen molar-refractivity contribution >= 4 is 5.82 Å². The van der Waals surface area contributed by atoms with E-state index in [0.29, 0.717) is 12.0 Å². The second-order valence-corrected chi connectivity index (χ2v) is 6.40. The lowest BCUT2D eigenvalue weighted by Crippen LogP contribution is -2.47. The highest BCUT2D eigenvalue weighted by atomic mass is 19.1. The fourth-order valence-corrected chi connectivity index (χ4v) is 3.76. The zero-order valence-corrected chi connectivity index (χ0v) is 11.4. The largest absolute Gasteiger partial charge is 0.387 e. The van der Waals surface area contributed by atoms with Crippen molar-refractivity contribution in [3.8, 4) is 0 Å². The molecule has 1 aromatic rings. The van der Waals surface area contributed by atoms with Gasteiger partial charge < -0.3 is 20.7 Å². The summed E-state index contributed by atoms with van der Waals surface area (Å²) in [4.78, 5) is 15.5. The number of nitrogens with two attached hydrogens (primary N) is 1. The van der Waals surface area contributed by atoms with Gasteiger partial charge in [0, 0.05) is 11.8 Å². The zero-order chi connectivity index (χ0) is 15.2. The molecule has 0 spiro atoms. The monoisotopic (exact) mass is 297 g/mol. The number of hydrogen-bond acceptors (Lipinski definition) is 6. The molecule has 0 bridgehead atoms. The summed E-state index contributed by atoms with van der Waals surface area (Å²) in [5, 5.41) is 20.8. The average Bonchev–Trinajstić information content (AvgIpc) is 2.88. The van der Waals surface area contributed by atoms with Gasteiger partial charge in [-0.15, -0.1) is 0 Å². The second-order valence-electron chi connectivity index (χ2n) is 6.40. The van der Waals surface area contributed by atoms with Crippen molar-refractivity contribution in [3.63, 3.8) is 0 Å². The number of aliphatic hydroxyl groups is 2. The molecule has 1 aliphatic heterocycles. The Hall–Kier alpha value is -1.51. The standard InChI is InChI=1S/C13H16FN3O4/c1-5-4-17(11(18)16-8(5)15)9-7(14)13(20)3-6-2-12(6,19)10(13)21-9/h4,6-7,9-10,19-20H,2-3H2,1H3,(H2,15,16,18)/t6-,7-,9+,10+,12+,13-/m0/s1.